The summed E-state index contributed by atoms with van der Waals surface area (Å²) in [5.74, 6) is 0.210. The van der Waals surface area contributed by atoms with Crippen molar-refractivity contribution in [2.24, 2.45) is 11.1 Å². The fourth-order valence-corrected chi connectivity index (χ4v) is 2.32. The number of amides is 1. The number of sulfonamides is 1. The van der Waals surface area contributed by atoms with Crippen molar-refractivity contribution in [3.63, 3.8) is 0 Å². The first kappa shape index (κ1) is 16.7. The first-order valence-electron chi connectivity index (χ1n) is 6.65. The molecule has 0 aromatic carbocycles. The van der Waals surface area contributed by atoms with Gasteiger partial charge in [0.05, 0.1) is 0 Å². The van der Waals surface area contributed by atoms with Gasteiger partial charge in [0.25, 0.3) is 5.91 Å². The van der Waals surface area contributed by atoms with Gasteiger partial charge in [0.2, 0.25) is 10.0 Å². The molecule has 0 aliphatic rings. The Hall–Kier alpha value is -1.34. The minimum absolute atomic E-state index is 0.0312. The molecule has 0 radical (unpaired) electrons. The van der Waals surface area contributed by atoms with Crippen LogP contribution in [0.15, 0.2) is 17.2 Å². The van der Waals surface area contributed by atoms with E-state index in [0.717, 1.165) is 6.42 Å². The SMILES string of the molecule is CC(C)CCNC(=O)c1cc(S(N)(=O)=O)cn1C(C)C. The van der Waals surface area contributed by atoms with Crippen LogP contribution >= 0.6 is 0 Å². The van der Waals surface area contributed by atoms with Crippen LogP contribution in [0, 0.1) is 5.92 Å². The summed E-state index contributed by atoms with van der Waals surface area (Å²) in [5.41, 5.74) is 0.313. The molecule has 1 aromatic heterocycles. The van der Waals surface area contributed by atoms with E-state index in [1.165, 1.54) is 12.3 Å². The van der Waals surface area contributed by atoms with E-state index in [1.807, 2.05) is 13.8 Å². The lowest BCUT2D eigenvalue weighted by Crippen LogP contribution is -2.27. The van der Waals surface area contributed by atoms with Crippen LogP contribution in [0.1, 0.15) is 50.6 Å². The second-order valence-electron chi connectivity index (χ2n) is 5.55. The van der Waals surface area contributed by atoms with Gasteiger partial charge in [-0.2, -0.15) is 0 Å². The molecular formula is C13H23N3O3S. The summed E-state index contributed by atoms with van der Waals surface area (Å²) < 4.78 is 24.4. The van der Waals surface area contributed by atoms with Crippen LogP contribution in [0.25, 0.3) is 0 Å². The molecule has 1 aromatic rings. The van der Waals surface area contributed by atoms with Crippen LogP contribution in [0.5, 0.6) is 0 Å². The molecule has 1 rings (SSSR count). The summed E-state index contributed by atoms with van der Waals surface area (Å²) in [4.78, 5) is 12.1. The normalized spacial score (nSPS) is 12.2. The monoisotopic (exact) mass is 301 g/mol. The molecule has 0 bridgehead atoms. The largest absolute Gasteiger partial charge is 0.351 e. The summed E-state index contributed by atoms with van der Waals surface area (Å²) in [6, 6.07) is 1.29. The fraction of sp³-hybridized carbons (Fsp3) is 0.615. The minimum atomic E-state index is -3.81. The number of rotatable bonds is 6. The molecular weight excluding hydrogens is 278 g/mol. The van der Waals surface area contributed by atoms with E-state index in [1.54, 1.807) is 4.57 Å². The summed E-state index contributed by atoms with van der Waals surface area (Å²) in [6.07, 6.45) is 2.27. The van der Waals surface area contributed by atoms with Crippen molar-refractivity contribution in [3.05, 3.63) is 18.0 Å². The Morgan fingerprint density at radius 3 is 2.40 bits per heavy atom. The van der Waals surface area contributed by atoms with Gasteiger partial charge in [-0.1, -0.05) is 13.8 Å². The summed E-state index contributed by atoms with van der Waals surface area (Å²) in [7, 11) is -3.81. The van der Waals surface area contributed by atoms with Gasteiger partial charge in [-0.05, 0) is 32.3 Å². The molecule has 0 aliphatic heterocycles. The number of primary sulfonamides is 1. The molecule has 1 heterocycles. The van der Waals surface area contributed by atoms with Crippen molar-refractivity contribution in [2.75, 3.05) is 6.54 Å². The van der Waals surface area contributed by atoms with Crippen molar-refractivity contribution >= 4 is 15.9 Å². The number of nitrogens with two attached hydrogens (primary N) is 1. The lowest BCUT2D eigenvalue weighted by Gasteiger charge is -2.13. The zero-order chi connectivity index (χ0) is 15.5. The Kier molecular flexibility index (Phi) is 5.35. The lowest BCUT2D eigenvalue weighted by atomic mass is 10.1. The highest BCUT2D eigenvalue weighted by Gasteiger charge is 2.20. The number of carbonyl (C=O) groups excluding carboxylic acids is 1. The van der Waals surface area contributed by atoms with Gasteiger partial charge < -0.3 is 9.88 Å². The van der Waals surface area contributed by atoms with E-state index < -0.39 is 10.0 Å². The maximum absolute atomic E-state index is 12.1. The summed E-state index contributed by atoms with van der Waals surface area (Å²) in [6.45, 7) is 8.45. The molecule has 1 amide bonds. The van der Waals surface area contributed by atoms with Crippen molar-refractivity contribution in [1.82, 2.24) is 9.88 Å². The average molecular weight is 301 g/mol. The topological polar surface area (TPSA) is 94.2 Å². The van der Waals surface area contributed by atoms with Gasteiger partial charge in [0, 0.05) is 18.8 Å². The van der Waals surface area contributed by atoms with Crippen molar-refractivity contribution in [1.29, 1.82) is 0 Å². The number of hydrogen-bond donors (Lipinski definition) is 2. The number of hydrogen-bond acceptors (Lipinski definition) is 3. The van der Waals surface area contributed by atoms with E-state index in [0.29, 0.717) is 18.2 Å². The molecule has 3 N–H and O–H groups in total. The predicted octanol–water partition coefficient (Wildman–Crippen LogP) is 1.49. The predicted molar refractivity (Wildman–Crippen MR) is 78.0 cm³/mol. The number of nitrogens with zero attached hydrogens (tertiary/aromatic N) is 1. The maximum Gasteiger partial charge on any atom is 0.267 e. The quantitative estimate of drug-likeness (QED) is 0.833. The Balaban J connectivity index is 2.98. The van der Waals surface area contributed by atoms with Gasteiger partial charge in [-0.25, -0.2) is 13.6 Å². The van der Waals surface area contributed by atoms with E-state index in [9.17, 15) is 13.2 Å². The van der Waals surface area contributed by atoms with Crippen molar-refractivity contribution in [3.8, 4) is 0 Å². The van der Waals surface area contributed by atoms with Gasteiger partial charge in [-0.15, -0.1) is 0 Å². The average Bonchev–Trinajstić information content (AvgIpc) is 2.72. The molecule has 114 valence electrons. The minimum Gasteiger partial charge on any atom is -0.351 e. The third kappa shape index (κ3) is 4.35. The van der Waals surface area contributed by atoms with Crippen molar-refractivity contribution < 1.29 is 13.2 Å². The molecule has 7 heteroatoms. The van der Waals surface area contributed by atoms with Gasteiger partial charge in [0.1, 0.15) is 10.6 Å². The number of carbonyl (C=O) groups is 1. The van der Waals surface area contributed by atoms with Gasteiger partial charge >= 0.3 is 0 Å². The highest BCUT2D eigenvalue weighted by molar-refractivity contribution is 7.89. The maximum atomic E-state index is 12.1. The molecule has 0 atom stereocenters. The van der Waals surface area contributed by atoms with Crippen molar-refractivity contribution in [2.45, 2.75) is 45.1 Å². The fourth-order valence-electron chi connectivity index (χ4n) is 1.78. The van der Waals surface area contributed by atoms with Crippen LogP contribution in [-0.4, -0.2) is 25.4 Å². The second kappa shape index (κ2) is 6.41. The Bertz CT molecular complexity index is 574. The zero-order valence-electron chi connectivity index (χ0n) is 12.4. The lowest BCUT2D eigenvalue weighted by molar-refractivity contribution is 0.0941. The third-order valence-corrected chi connectivity index (χ3v) is 3.83. The standard InChI is InChI=1S/C13H23N3O3S/c1-9(2)5-6-15-13(17)12-7-11(20(14,18)19)8-16(12)10(3)4/h7-10H,5-6H2,1-4H3,(H,15,17)(H2,14,18,19). The first-order chi connectivity index (χ1) is 9.12. The number of nitrogens with one attached hydrogen (secondary N) is 1. The van der Waals surface area contributed by atoms with Crippen LogP contribution in [-0.2, 0) is 10.0 Å². The van der Waals surface area contributed by atoms with Crippen LogP contribution < -0.4 is 10.5 Å². The first-order valence-corrected chi connectivity index (χ1v) is 8.20. The Labute approximate surface area is 120 Å². The van der Waals surface area contributed by atoms with Crippen LogP contribution in [0.4, 0.5) is 0 Å². The molecule has 20 heavy (non-hydrogen) atoms. The van der Waals surface area contributed by atoms with E-state index in [-0.39, 0.29) is 16.8 Å². The highest BCUT2D eigenvalue weighted by atomic mass is 32.2. The second-order valence-corrected chi connectivity index (χ2v) is 7.11. The zero-order valence-corrected chi connectivity index (χ0v) is 13.2. The third-order valence-electron chi connectivity index (χ3n) is 2.95. The molecule has 0 unspecified atom stereocenters. The van der Waals surface area contributed by atoms with Crippen LogP contribution in [0.3, 0.4) is 0 Å². The van der Waals surface area contributed by atoms with Gasteiger partial charge in [-0.3, -0.25) is 4.79 Å². The Morgan fingerprint density at radius 2 is 1.95 bits per heavy atom. The number of aromatic nitrogens is 1. The summed E-state index contributed by atoms with van der Waals surface area (Å²) >= 11 is 0. The molecule has 0 aliphatic carbocycles. The highest BCUT2D eigenvalue weighted by Crippen LogP contribution is 2.18. The molecule has 0 fully saturated rings. The Morgan fingerprint density at radius 1 is 1.35 bits per heavy atom. The molecule has 6 nitrogen and oxygen atoms in total. The van der Waals surface area contributed by atoms with E-state index in [4.69, 9.17) is 5.14 Å². The smallest absolute Gasteiger partial charge is 0.267 e. The van der Waals surface area contributed by atoms with E-state index in [2.05, 4.69) is 19.2 Å². The molecule has 0 spiro atoms. The molecule has 0 saturated carbocycles. The van der Waals surface area contributed by atoms with Gasteiger partial charge in [0.15, 0.2) is 0 Å². The molecule has 0 saturated heterocycles. The van der Waals surface area contributed by atoms with Crippen LogP contribution in [0.2, 0.25) is 0 Å². The van der Waals surface area contributed by atoms with E-state index >= 15 is 0 Å². The summed E-state index contributed by atoms with van der Waals surface area (Å²) in [5, 5.41) is 7.90.